The van der Waals surface area contributed by atoms with Crippen molar-refractivity contribution in [2.45, 2.75) is 32.9 Å². The number of hydrogen-bond acceptors (Lipinski definition) is 3. The smallest absolute Gasteiger partial charge is 0.123 e. The predicted molar refractivity (Wildman–Crippen MR) is 82.9 cm³/mol. The molecular weight excluding hydrogens is 304 g/mol. The number of benzene rings is 1. The number of piperazine rings is 1. The molecule has 2 rings (SSSR count). The summed E-state index contributed by atoms with van der Waals surface area (Å²) in [6.07, 6.45) is 0. The quantitative estimate of drug-likeness (QED) is 0.920. The van der Waals surface area contributed by atoms with Crippen LogP contribution in [-0.2, 0) is 0 Å². The number of hydrogen-bond donors (Lipinski definition) is 1. The predicted octanol–water partition coefficient (Wildman–Crippen LogP) is 2.82. The van der Waals surface area contributed by atoms with Gasteiger partial charge in [-0.25, -0.2) is 0 Å². The van der Waals surface area contributed by atoms with Crippen molar-refractivity contribution in [2.24, 2.45) is 0 Å². The molecule has 0 spiro atoms. The van der Waals surface area contributed by atoms with Gasteiger partial charge in [0.1, 0.15) is 12.4 Å². The molecule has 0 radical (unpaired) electrons. The molecule has 2 atom stereocenters. The topological polar surface area (TPSA) is 24.5 Å². The number of nitrogens with zero attached hydrogens (tertiary/aromatic N) is 1. The van der Waals surface area contributed by atoms with Crippen molar-refractivity contribution in [1.29, 1.82) is 0 Å². The zero-order valence-electron chi connectivity index (χ0n) is 11.9. The first-order valence-electron chi connectivity index (χ1n) is 6.92. The molecule has 0 aromatic heterocycles. The molecule has 0 bridgehead atoms. The lowest BCUT2D eigenvalue weighted by Crippen LogP contribution is -2.54. The molecule has 3 nitrogen and oxygen atoms in total. The van der Waals surface area contributed by atoms with E-state index in [1.807, 2.05) is 18.2 Å². The average molecular weight is 327 g/mol. The van der Waals surface area contributed by atoms with E-state index in [1.165, 1.54) is 5.56 Å². The highest BCUT2D eigenvalue weighted by Gasteiger charge is 2.20. The Morgan fingerprint density at radius 1 is 1.32 bits per heavy atom. The van der Waals surface area contributed by atoms with E-state index in [2.05, 4.69) is 46.9 Å². The molecule has 1 N–H and O–H groups in total. The SMILES string of the molecule is Cc1c(Br)cccc1OCCN1C[C@@H](C)N[C@@H](C)C1. The van der Waals surface area contributed by atoms with Crippen LogP contribution in [0.3, 0.4) is 0 Å². The van der Waals surface area contributed by atoms with Crippen LogP contribution in [0.5, 0.6) is 5.75 Å². The van der Waals surface area contributed by atoms with Crippen LogP contribution in [0.1, 0.15) is 19.4 Å². The monoisotopic (exact) mass is 326 g/mol. The van der Waals surface area contributed by atoms with Crippen molar-refractivity contribution in [2.75, 3.05) is 26.2 Å². The van der Waals surface area contributed by atoms with Gasteiger partial charge in [-0.2, -0.15) is 0 Å². The molecular formula is C15H23BrN2O. The van der Waals surface area contributed by atoms with Gasteiger partial charge in [0.05, 0.1) is 0 Å². The molecule has 0 aliphatic carbocycles. The molecule has 1 fully saturated rings. The fourth-order valence-electron chi connectivity index (χ4n) is 2.65. The second-order valence-corrected chi connectivity index (χ2v) is 6.29. The summed E-state index contributed by atoms with van der Waals surface area (Å²) in [5.41, 5.74) is 1.17. The summed E-state index contributed by atoms with van der Waals surface area (Å²) in [6, 6.07) is 7.22. The highest BCUT2D eigenvalue weighted by atomic mass is 79.9. The lowest BCUT2D eigenvalue weighted by atomic mass is 10.1. The third kappa shape index (κ3) is 4.20. The summed E-state index contributed by atoms with van der Waals surface area (Å²) in [6.45, 7) is 10.5. The number of nitrogens with one attached hydrogen (secondary N) is 1. The largest absolute Gasteiger partial charge is 0.492 e. The molecule has 0 unspecified atom stereocenters. The van der Waals surface area contributed by atoms with Crippen molar-refractivity contribution in [3.63, 3.8) is 0 Å². The first kappa shape index (κ1) is 14.8. The average Bonchev–Trinajstić information content (AvgIpc) is 2.33. The summed E-state index contributed by atoms with van der Waals surface area (Å²) in [5.74, 6) is 0.977. The highest BCUT2D eigenvalue weighted by Crippen LogP contribution is 2.25. The Kier molecular flexibility index (Phi) is 5.25. The molecule has 1 saturated heterocycles. The molecule has 1 aliphatic rings. The second kappa shape index (κ2) is 6.73. The third-order valence-corrected chi connectivity index (χ3v) is 4.38. The van der Waals surface area contributed by atoms with Crippen LogP contribution >= 0.6 is 15.9 Å². The zero-order valence-corrected chi connectivity index (χ0v) is 13.5. The van der Waals surface area contributed by atoms with Gasteiger partial charge < -0.3 is 10.1 Å². The van der Waals surface area contributed by atoms with Crippen molar-refractivity contribution in [1.82, 2.24) is 10.2 Å². The van der Waals surface area contributed by atoms with Crippen molar-refractivity contribution in [3.05, 3.63) is 28.2 Å². The van der Waals surface area contributed by atoms with Crippen molar-refractivity contribution >= 4 is 15.9 Å². The van der Waals surface area contributed by atoms with E-state index in [-0.39, 0.29) is 0 Å². The Balaban J connectivity index is 1.81. The van der Waals surface area contributed by atoms with E-state index in [0.717, 1.165) is 36.5 Å². The van der Waals surface area contributed by atoms with Gasteiger partial charge >= 0.3 is 0 Å². The maximum absolute atomic E-state index is 5.90. The summed E-state index contributed by atoms with van der Waals surface area (Å²) in [5, 5.41) is 3.55. The van der Waals surface area contributed by atoms with E-state index >= 15 is 0 Å². The van der Waals surface area contributed by atoms with Crippen molar-refractivity contribution < 1.29 is 4.74 Å². The molecule has 19 heavy (non-hydrogen) atoms. The minimum atomic E-state index is 0.566. The molecule has 0 saturated carbocycles. The van der Waals surface area contributed by atoms with Crippen molar-refractivity contribution in [3.8, 4) is 5.75 Å². The molecule has 0 amide bonds. The summed E-state index contributed by atoms with van der Waals surface area (Å²) < 4.78 is 7.00. The van der Waals surface area contributed by atoms with Gasteiger partial charge in [-0.05, 0) is 32.9 Å². The molecule has 1 aromatic carbocycles. The number of rotatable bonds is 4. The number of ether oxygens (including phenoxy) is 1. The molecule has 4 heteroatoms. The van der Waals surface area contributed by atoms with Crippen LogP contribution < -0.4 is 10.1 Å². The Hall–Kier alpha value is -0.580. The Bertz CT molecular complexity index is 415. The van der Waals surface area contributed by atoms with E-state index < -0.39 is 0 Å². The fraction of sp³-hybridized carbons (Fsp3) is 0.600. The Morgan fingerprint density at radius 2 is 2.00 bits per heavy atom. The molecule has 1 heterocycles. The standard InChI is InChI=1S/C15H23BrN2O/c1-11-9-18(10-12(2)17-11)7-8-19-15-6-4-5-14(16)13(15)3/h4-6,11-12,17H,7-10H2,1-3H3/t11-,12+. The second-order valence-electron chi connectivity index (χ2n) is 5.44. The van der Waals surface area contributed by atoms with E-state index in [4.69, 9.17) is 4.74 Å². The van der Waals surface area contributed by atoms with E-state index in [9.17, 15) is 0 Å². The summed E-state index contributed by atoms with van der Waals surface area (Å²) >= 11 is 3.53. The van der Waals surface area contributed by atoms with Crippen LogP contribution in [0.25, 0.3) is 0 Å². The van der Waals surface area contributed by atoms with Crippen LogP contribution in [0.4, 0.5) is 0 Å². The van der Waals surface area contributed by atoms with E-state index in [0.29, 0.717) is 12.1 Å². The molecule has 1 aliphatic heterocycles. The molecule has 1 aromatic rings. The number of halogens is 1. The Morgan fingerprint density at radius 3 is 2.68 bits per heavy atom. The first-order valence-corrected chi connectivity index (χ1v) is 7.72. The summed E-state index contributed by atoms with van der Waals surface area (Å²) in [4.78, 5) is 2.47. The van der Waals surface area contributed by atoms with Gasteiger partial charge in [0.15, 0.2) is 0 Å². The highest BCUT2D eigenvalue weighted by molar-refractivity contribution is 9.10. The van der Waals surface area contributed by atoms with Gasteiger partial charge in [-0.1, -0.05) is 22.0 Å². The van der Waals surface area contributed by atoms with E-state index in [1.54, 1.807) is 0 Å². The lowest BCUT2D eigenvalue weighted by molar-refractivity contribution is 0.146. The zero-order chi connectivity index (χ0) is 13.8. The van der Waals surface area contributed by atoms with Gasteiger partial charge in [0, 0.05) is 41.8 Å². The van der Waals surface area contributed by atoms with Gasteiger partial charge in [0.25, 0.3) is 0 Å². The minimum absolute atomic E-state index is 0.566. The third-order valence-electron chi connectivity index (χ3n) is 3.52. The fourth-order valence-corrected chi connectivity index (χ4v) is 3.00. The first-order chi connectivity index (χ1) is 9.06. The van der Waals surface area contributed by atoms with Gasteiger partial charge in [0.2, 0.25) is 0 Å². The van der Waals surface area contributed by atoms with Gasteiger partial charge in [-0.3, -0.25) is 4.90 Å². The lowest BCUT2D eigenvalue weighted by Gasteiger charge is -2.36. The normalized spacial score (nSPS) is 24.4. The van der Waals surface area contributed by atoms with Crippen LogP contribution in [0.2, 0.25) is 0 Å². The minimum Gasteiger partial charge on any atom is -0.492 e. The Labute approximate surface area is 124 Å². The summed E-state index contributed by atoms with van der Waals surface area (Å²) in [7, 11) is 0. The maximum atomic E-state index is 5.90. The molecule has 106 valence electrons. The van der Waals surface area contributed by atoms with Gasteiger partial charge in [-0.15, -0.1) is 0 Å². The van der Waals surface area contributed by atoms with Crippen LogP contribution in [-0.4, -0.2) is 43.2 Å². The van der Waals surface area contributed by atoms with Crippen LogP contribution in [0, 0.1) is 6.92 Å². The van der Waals surface area contributed by atoms with Crippen LogP contribution in [0.15, 0.2) is 22.7 Å². The maximum Gasteiger partial charge on any atom is 0.123 e.